The number of benzene rings is 1. The van der Waals surface area contributed by atoms with Gasteiger partial charge in [0.2, 0.25) is 5.91 Å². The smallest absolute Gasteiger partial charge is 0.222 e. The van der Waals surface area contributed by atoms with Gasteiger partial charge < -0.3 is 10.0 Å². The maximum absolute atomic E-state index is 12.0. The lowest BCUT2D eigenvalue weighted by molar-refractivity contribution is -0.134. The zero-order valence-corrected chi connectivity index (χ0v) is 12.1. The molecule has 1 N–H and O–H groups in total. The summed E-state index contributed by atoms with van der Waals surface area (Å²) in [5.41, 5.74) is 1.00. The average Bonchev–Trinajstić information content (AvgIpc) is 2.40. The van der Waals surface area contributed by atoms with Gasteiger partial charge in [0.25, 0.3) is 0 Å². The van der Waals surface area contributed by atoms with Crippen molar-refractivity contribution in [3.8, 4) is 0 Å². The molecule has 1 aromatic carbocycles. The molecule has 3 nitrogen and oxygen atoms in total. The number of rotatable bonds is 3. The molecule has 0 radical (unpaired) electrons. The molecule has 1 amide bonds. The number of β-amino-alcohol motifs (C(OH)–C–C–N with tert-alkyl or cyclic N) is 1. The van der Waals surface area contributed by atoms with Crippen molar-refractivity contribution >= 4 is 29.1 Å². The minimum absolute atomic E-state index is 0.0878. The molecule has 1 aromatic rings. The van der Waals surface area contributed by atoms with E-state index in [0.29, 0.717) is 29.4 Å². The first-order valence-corrected chi connectivity index (χ1v) is 7.21. The number of halogens is 2. The Balaban J connectivity index is 1.87. The van der Waals surface area contributed by atoms with Crippen LogP contribution in [-0.4, -0.2) is 35.1 Å². The third kappa shape index (κ3) is 4.10. The molecule has 1 aliphatic heterocycles. The predicted octanol–water partition coefficient (Wildman–Crippen LogP) is 2.91. The van der Waals surface area contributed by atoms with Crippen LogP contribution in [-0.2, 0) is 11.2 Å². The quantitative estimate of drug-likeness (QED) is 0.932. The first-order chi connectivity index (χ1) is 9.06. The third-order valence-electron chi connectivity index (χ3n) is 3.36. The number of hydrogen-bond donors (Lipinski definition) is 1. The maximum atomic E-state index is 12.0. The highest BCUT2D eigenvalue weighted by molar-refractivity contribution is 6.42. The van der Waals surface area contributed by atoms with E-state index in [4.69, 9.17) is 23.2 Å². The van der Waals surface area contributed by atoms with Gasteiger partial charge in [-0.3, -0.25) is 4.79 Å². The molecule has 1 aliphatic rings. The number of aliphatic hydroxyl groups is 1. The van der Waals surface area contributed by atoms with E-state index in [1.807, 2.05) is 6.07 Å². The number of carbonyl (C=O) groups is 1. The molecule has 104 valence electrons. The summed E-state index contributed by atoms with van der Waals surface area (Å²) in [6, 6.07) is 5.42. The van der Waals surface area contributed by atoms with Crippen LogP contribution in [0.2, 0.25) is 10.0 Å². The summed E-state index contributed by atoms with van der Waals surface area (Å²) in [4.78, 5) is 13.8. The summed E-state index contributed by atoms with van der Waals surface area (Å²) in [5.74, 6) is 0.0878. The van der Waals surface area contributed by atoms with Gasteiger partial charge >= 0.3 is 0 Å². The standard InChI is InChI=1S/C14H17Cl2NO2/c15-12-5-3-10(8-13(12)16)4-6-14(19)17-7-1-2-11(18)9-17/h3,5,8,11,18H,1-2,4,6-7,9H2. The summed E-state index contributed by atoms with van der Waals surface area (Å²) in [7, 11) is 0. The van der Waals surface area contributed by atoms with E-state index in [0.717, 1.165) is 24.9 Å². The molecule has 1 atom stereocenters. The van der Waals surface area contributed by atoms with Gasteiger partial charge in [-0.15, -0.1) is 0 Å². The minimum Gasteiger partial charge on any atom is -0.391 e. The van der Waals surface area contributed by atoms with Crippen LogP contribution in [0.25, 0.3) is 0 Å². The number of piperidine rings is 1. The highest BCUT2D eigenvalue weighted by atomic mass is 35.5. The summed E-state index contributed by atoms with van der Waals surface area (Å²) in [6.07, 6.45) is 2.37. The number of likely N-dealkylation sites (tertiary alicyclic amines) is 1. The second-order valence-electron chi connectivity index (χ2n) is 4.88. The fraction of sp³-hybridized carbons (Fsp3) is 0.500. The Hall–Kier alpha value is -0.770. The van der Waals surface area contributed by atoms with Crippen LogP contribution < -0.4 is 0 Å². The second-order valence-corrected chi connectivity index (χ2v) is 5.70. The summed E-state index contributed by atoms with van der Waals surface area (Å²) in [6.45, 7) is 1.21. The van der Waals surface area contributed by atoms with E-state index >= 15 is 0 Å². The Morgan fingerprint density at radius 3 is 2.84 bits per heavy atom. The van der Waals surface area contributed by atoms with Crippen molar-refractivity contribution in [2.75, 3.05) is 13.1 Å². The van der Waals surface area contributed by atoms with Crippen LogP contribution in [0.5, 0.6) is 0 Å². The summed E-state index contributed by atoms with van der Waals surface area (Å²) >= 11 is 11.8. The Morgan fingerprint density at radius 2 is 2.16 bits per heavy atom. The van der Waals surface area contributed by atoms with Crippen LogP contribution in [0.15, 0.2) is 18.2 Å². The molecule has 0 aromatic heterocycles. The van der Waals surface area contributed by atoms with Crippen molar-refractivity contribution in [2.45, 2.75) is 31.8 Å². The van der Waals surface area contributed by atoms with E-state index in [9.17, 15) is 9.90 Å². The molecule has 5 heteroatoms. The van der Waals surface area contributed by atoms with E-state index in [1.54, 1.807) is 17.0 Å². The van der Waals surface area contributed by atoms with Gasteiger partial charge in [0.1, 0.15) is 0 Å². The number of aryl methyl sites for hydroxylation is 1. The van der Waals surface area contributed by atoms with E-state index in [1.165, 1.54) is 0 Å². The Bertz CT molecular complexity index is 465. The van der Waals surface area contributed by atoms with Crippen molar-refractivity contribution in [1.82, 2.24) is 4.90 Å². The molecule has 0 saturated carbocycles. The van der Waals surface area contributed by atoms with Crippen molar-refractivity contribution in [2.24, 2.45) is 0 Å². The van der Waals surface area contributed by atoms with Crippen molar-refractivity contribution in [3.05, 3.63) is 33.8 Å². The number of amides is 1. The molecule has 0 bridgehead atoms. The molecule has 1 fully saturated rings. The number of hydrogen-bond acceptors (Lipinski definition) is 2. The molecule has 19 heavy (non-hydrogen) atoms. The number of carbonyl (C=O) groups excluding carboxylic acids is 1. The van der Waals surface area contributed by atoms with Crippen molar-refractivity contribution in [1.29, 1.82) is 0 Å². The fourth-order valence-electron chi connectivity index (χ4n) is 2.29. The normalized spacial score (nSPS) is 19.5. The lowest BCUT2D eigenvalue weighted by Crippen LogP contribution is -2.42. The van der Waals surface area contributed by atoms with E-state index in [2.05, 4.69) is 0 Å². The summed E-state index contributed by atoms with van der Waals surface area (Å²) < 4.78 is 0. The molecule has 0 aliphatic carbocycles. The molecular formula is C14H17Cl2NO2. The number of aliphatic hydroxyl groups excluding tert-OH is 1. The zero-order valence-electron chi connectivity index (χ0n) is 10.6. The minimum atomic E-state index is -0.373. The second kappa shape index (κ2) is 6.60. The molecule has 1 unspecified atom stereocenters. The Labute approximate surface area is 123 Å². The lowest BCUT2D eigenvalue weighted by Gasteiger charge is -2.30. The van der Waals surface area contributed by atoms with Crippen molar-refractivity contribution < 1.29 is 9.90 Å². The maximum Gasteiger partial charge on any atom is 0.222 e. The first kappa shape index (κ1) is 14.6. The first-order valence-electron chi connectivity index (χ1n) is 6.46. The highest BCUT2D eigenvalue weighted by Gasteiger charge is 2.21. The van der Waals surface area contributed by atoms with E-state index in [-0.39, 0.29) is 12.0 Å². The SMILES string of the molecule is O=C(CCc1ccc(Cl)c(Cl)c1)N1CCCC(O)C1. The van der Waals surface area contributed by atoms with Gasteiger partial charge in [-0.2, -0.15) is 0 Å². The van der Waals surface area contributed by atoms with Crippen molar-refractivity contribution in [3.63, 3.8) is 0 Å². The molecule has 0 spiro atoms. The van der Waals surface area contributed by atoms with Gasteiger partial charge in [0.15, 0.2) is 0 Å². The lowest BCUT2D eigenvalue weighted by atomic mass is 10.1. The Kier molecular flexibility index (Phi) is 5.08. The topological polar surface area (TPSA) is 40.5 Å². The Morgan fingerprint density at radius 1 is 1.37 bits per heavy atom. The summed E-state index contributed by atoms with van der Waals surface area (Å²) in [5, 5.41) is 10.6. The van der Waals surface area contributed by atoms with Crippen LogP contribution in [0.4, 0.5) is 0 Å². The van der Waals surface area contributed by atoms with Gasteiger partial charge in [-0.25, -0.2) is 0 Å². The highest BCUT2D eigenvalue weighted by Crippen LogP contribution is 2.23. The van der Waals surface area contributed by atoms with Gasteiger partial charge in [-0.1, -0.05) is 29.3 Å². The molecule has 1 heterocycles. The van der Waals surface area contributed by atoms with Crippen LogP contribution in [0.1, 0.15) is 24.8 Å². The van der Waals surface area contributed by atoms with Gasteiger partial charge in [-0.05, 0) is 37.0 Å². The average molecular weight is 302 g/mol. The predicted molar refractivity (Wildman–Crippen MR) is 76.6 cm³/mol. The molecule has 2 rings (SSSR count). The van der Waals surface area contributed by atoms with Gasteiger partial charge in [0, 0.05) is 19.5 Å². The molecular weight excluding hydrogens is 285 g/mol. The largest absolute Gasteiger partial charge is 0.391 e. The number of nitrogens with zero attached hydrogens (tertiary/aromatic N) is 1. The third-order valence-corrected chi connectivity index (χ3v) is 4.10. The van der Waals surface area contributed by atoms with Crippen LogP contribution in [0, 0.1) is 0 Å². The fourth-order valence-corrected chi connectivity index (χ4v) is 2.61. The van der Waals surface area contributed by atoms with Crippen LogP contribution in [0.3, 0.4) is 0 Å². The van der Waals surface area contributed by atoms with Crippen LogP contribution >= 0.6 is 23.2 Å². The zero-order chi connectivity index (χ0) is 13.8. The van der Waals surface area contributed by atoms with Gasteiger partial charge in [0.05, 0.1) is 16.1 Å². The molecule has 1 saturated heterocycles. The van der Waals surface area contributed by atoms with E-state index < -0.39 is 0 Å². The monoisotopic (exact) mass is 301 g/mol.